The molecule has 2 aliphatic heterocycles. The number of likely N-dealkylation sites (N-methyl/N-ethyl adjacent to an activating group) is 1. The quantitative estimate of drug-likeness (QED) is 0.478. The number of nitrogens with zero attached hydrogens (tertiary/aromatic N) is 3. The normalized spacial score (nSPS) is 20.2. The van der Waals surface area contributed by atoms with Crippen LogP contribution in [0.15, 0.2) is 29.3 Å². The Kier molecular flexibility index (Phi) is 8.92. The van der Waals surface area contributed by atoms with Gasteiger partial charge < -0.3 is 25.0 Å². The van der Waals surface area contributed by atoms with Crippen LogP contribution < -0.4 is 10.6 Å². The fourth-order valence-electron chi connectivity index (χ4n) is 3.51. The van der Waals surface area contributed by atoms with Gasteiger partial charge in [-0.05, 0) is 17.5 Å². The fraction of sp³-hybridized carbons (Fsp3) is 0.636. The van der Waals surface area contributed by atoms with Gasteiger partial charge in [-0.1, -0.05) is 24.3 Å². The summed E-state index contributed by atoms with van der Waals surface area (Å²) in [5.74, 6) is 1.16. The molecule has 1 atom stereocenters. The smallest absolute Gasteiger partial charge is 0.241 e. The van der Waals surface area contributed by atoms with Crippen molar-refractivity contribution in [3.8, 4) is 0 Å². The summed E-state index contributed by atoms with van der Waals surface area (Å²) in [5, 5.41) is 6.56. The van der Waals surface area contributed by atoms with Gasteiger partial charge in [0.2, 0.25) is 5.91 Å². The summed E-state index contributed by atoms with van der Waals surface area (Å²) in [7, 11) is 3.51. The number of carbonyl (C=O) groups excluding carboxylic acids is 1. The average Bonchev–Trinajstić information content (AvgIpc) is 3.28. The van der Waals surface area contributed by atoms with Gasteiger partial charge >= 0.3 is 0 Å². The Morgan fingerprint density at radius 2 is 1.90 bits per heavy atom. The Morgan fingerprint density at radius 3 is 2.60 bits per heavy atom. The molecule has 8 heteroatoms. The van der Waals surface area contributed by atoms with Crippen LogP contribution in [-0.4, -0.2) is 88.4 Å². The van der Waals surface area contributed by atoms with Crippen LogP contribution in [0.1, 0.15) is 17.5 Å². The lowest BCUT2D eigenvalue weighted by Gasteiger charge is -2.27. The maximum Gasteiger partial charge on any atom is 0.241 e. The van der Waals surface area contributed by atoms with Crippen molar-refractivity contribution in [3.63, 3.8) is 0 Å². The number of morpholine rings is 1. The van der Waals surface area contributed by atoms with Crippen molar-refractivity contribution >= 4 is 11.9 Å². The first-order chi connectivity index (χ1) is 14.6. The lowest BCUT2D eigenvalue weighted by atomic mass is 10.1. The first kappa shape index (κ1) is 22.5. The van der Waals surface area contributed by atoms with E-state index < -0.39 is 0 Å². The maximum absolute atomic E-state index is 12.0. The van der Waals surface area contributed by atoms with Gasteiger partial charge in [0.15, 0.2) is 5.96 Å². The average molecular weight is 418 g/mol. The number of nitrogens with one attached hydrogen (secondary N) is 2. The molecule has 2 aliphatic rings. The molecule has 0 aliphatic carbocycles. The number of rotatable bonds is 8. The molecule has 166 valence electrons. The predicted octanol–water partition coefficient (Wildman–Crippen LogP) is 0.679. The van der Waals surface area contributed by atoms with Crippen molar-refractivity contribution < 1.29 is 14.3 Å². The number of guanidine groups is 1. The van der Waals surface area contributed by atoms with Gasteiger partial charge in [-0.15, -0.1) is 0 Å². The zero-order valence-corrected chi connectivity index (χ0v) is 18.2. The van der Waals surface area contributed by atoms with Crippen LogP contribution in [0, 0.1) is 5.92 Å². The van der Waals surface area contributed by atoms with Crippen LogP contribution in [0.25, 0.3) is 0 Å². The van der Waals surface area contributed by atoms with E-state index in [4.69, 9.17) is 14.5 Å². The lowest BCUT2D eigenvalue weighted by Crippen LogP contribution is -2.44. The summed E-state index contributed by atoms with van der Waals surface area (Å²) >= 11 is 0. The molecule has 0 saturated carbocycles. The monoisotopic (exact) mass is 417 g/mol. The first-order valence-corrected chi connectivity index (χ1v) is 10.8. The molecular weight excluding hydrogens is 382 g/mol. The highest BCUT2D eigenvalue weighted by Crippen LogP contribution is 2.14. The van der Waals surface area contributed by atoms with Crippen molar-refractivity contribution in [3.05, 3.63) is 35.4 Å². The van der Waals surface area contributed by atoms with Crippen molar-refractivity contribution in [2.75, 3.05) is 66.7 Å². The molecule has 2 fully saturated rings. The second kappa shape index (κ2) is 11.9. The number of hydrogen-bond acceptors (Lipinski definition) is 5. The number of benzene rings is 1. The zero-order valence-electron chi connectivity index (χ0n) is 18.2. The summed E-state index contributed by atoms with van der Waals surface area (Å²) in [6, 6.07) is 8.44. The third-order valence-electron chi connectivity index (χ3n) is 5.51. The van der Waals surface area contributed by atoms with E-state index in [1.54, 1.807) is 19.0 Å². The Morgan fingerprint density at radius 1 is 1.13 bits per heavy atom. The molecule has 1 unspecified atom stereocenters. The second-order valence-corrected chi connectivity index (χ2v) is 8.07. The molecule has 2 N–H and O–H groups in total. The minimum absolute atomic E-state index is 0.0152. The van der Waals surface area contributed by atoms with E-state index in [1.807, 2.05) is 0 Å². The summed E-state index contributed by atoms with van der Waals surface area (Å²) in [5.41, 5.74) is 2.49. The number of ether oxygens (including phenoxy) is 2. The zero-order chi connectivity index (χ0) is 21.2. The minimum Gasteiger partial charge on any atom is -0.381 e. The molecular formula is C22H35N5O3. The summed E-state index contributed by atoms with van der Waals surface area (Å²) in [6.07, 6.45) is 1.05. The summed E-state index contributed by atoms with van der Waals surface area (Å²) < 4.78 is 10.9. The summed E-state index contributed by atoms with van der Waals surface area (Å²) in [6.45, 7) is 7.58. The molecule has 8 nitrogen and oxygen atoms in total. The molecule has 30 heavy (non-hydrogen) atoms. The standard InChI is InChI=1S/C22H35N5O3/c1-26(2)21(28)15-25-22(23-13-18-7-10-30-17-18)24-14-19-5-3-4-6-20(19)16-27-8-11-29-12-9-27/h3-6,18H,7-17H2,1-2H3,(H2,23,24,25). The van der Waals surface area contributed by atoms with E-state index in [2.05, 4.69) is 39.8 Å². The van der Waals surface area contributed by atoms with Gasteiger partial charge in [0.25, 0.3) is 0 Å². The van der Waals surface area contributed by atoms with Gasteiger partial charge in [0.1, 0.15) is 0 Å². The number of amides is 1. The Balaban J connectivity index is 1.63. The maximum atomic E-state index is 12.0. The van der Waals surface area contributed by atoms with Crippen LogP contribution >= 0.6 is 0 Å². The van der Waals surface area contributed by atoms with Crippen LogP contribution in [-0.2, 0) is 27.4 Å². The summed E-state index contributed by atoms with van der Waals surface area (Å²) in [4.78, 5) is 20.8. The van der Waals surface area contributed by atoms with Gasteiger partial charge in [-0.25, -0.2) is 4.99 Å². The molecule has 1 aromatic carbocycles. The molecule has 0 bridgehead atoms. The van der Waals surface area contributed by atoms with Gasteiger partial charge in [-0.3, -0.25) is 9.69 Å². The molecule has 0 spiro atoms. The molecule has 3 rings (SSSR count). The highest BCUT2D eigenvalue weighted by atomic mass is 16.5. The third kappa shape index (κ3) is 7.27. The van der Waals surface area contributed by atoms with Crippen molar-refractivity contribution in [1.82, 2.24) is 20.4 Å². The largest absolute Gasteiger partial charge is 0.381 e. The number of hydrogen-bond donors (Lipinski definition) is 2. The van der Waals surface area contributed by atoms with Crippen LogP contribution in [0.4, 0.5) is 0 Å². The molecule has 2 saturated heterocycles. The van der Waals surface area contributed by atoms with Gasteiger partial charge in [0, 0.05) is 52.8 Å². The topological polar surface area (TPSA) is 78.4 Å². The van der Waals surface area contributed by atoms with E-state index in [1.165, 1.54) is 11.1 Å². The fourth-order valence-corrected chi connectivity index (χ4v) is 3.51. The highest BCUT2D eigenvalue weighted by Gasteiger charge is 2.17. The molecule has 1 aromatic rings. The Hall–Kier alpha value is -2.16. The number of carbonyl (C=O) groups is 1. The predicted molar refractivity (Wildman–Crippen MR) is 117 cm³/mol. The molecule has 0 aromatic heterocycles. The highest BCUT2D eigenvalue weighted by molar-refractivity contribution is 5.86. The van der Waals surface area contributed by atoms with Gasteiger partial charge in [-0.2, -0.15) is 0 Å². The van der Waals surface area contributed by atoms with Crippen LogP contribution in [0.5, 0.6) is 0 Å². The molecule has 0 radical (unpaired) electrons. The lowest BCUT2D eigenvalue weighted by molar-refractivity contribution is -0.127. The third-order valence-corrected chi connectivity index (χ3v) is 5.51. The second-order valence-electron chi connectivity index (χ2n) is 8.07. The van der Waals surface area contributed by atoms with E-state index in [9.17, 15) is 4.79 Å². The van der Waals surface area contributed by atoms with Crippen molar-refractivity contribution in [2.45, 2.75) is 19.5 Å². The number of aliphatic imine (C=N–C) groups is 1. The van der Waals surface area contributed by atoms with Crippen LogP contribution in [0.2, 0.25) is 0 Å². The molecule has 2 heterocycles. The Bertz CT molecular complexity index is 698. The minimum atomic E-state index is 0.0152. The van der Waals surface area contributed by atoms with Crippen LogP contribution in [0.3, 0.4) is 0 Å². The SMILES string of the molecule is CN(C)C(=O)CNC(=NCc1ccccc1CN1CCOCC1)NCC1CCOC1. The van der Waals surface area contributed by atoms with Gasteiger partial charge in [0.05, 0.1) is 32.9 Å². The van der Waals surface area contributed by atoms with E-state index in [-0.39, 0.29) is 12.5 Å². The molecule has 1 amide bonds. The van der Waals surface area contributed by atoms with E-state index in [0.717, 1.165) is 59.0 Å². The first-order valence-electron chi connectivity index (χ1n) is 10.8. The van der Waals surface area contributed by atoms with E-state index >= 15 is 0 Å². The Labute approximate surface area is 179 Å². The van der Waals surface area contributed by atoms with E-state index in [0.29, 0.717) is 18.4 Å². The van der Waals surface area contributed by atoms with Crippen molar-refractivity contribution in [2.24, 2.45) is 10.9 Å². The van der Waals surface area contributed by atoms with Crippen molar-refractivity contribution in [1.29, 1.82) is 0 Å².